The fraction of sp³-hybridized carbons (Fsp3) is 0.167. The highest BCUT2D eigenvalue weighted by Gasteiger charge is 2.18. The van der Waals surface area contributed by atoms with Crippen LogP contribution in [0.1, 0.15) is 26.6 Å². The molecule has 0 radical (unpaired) electrons. The van der Waals surface area contributed by atoms with Crippen LogP contribution >= 0.6 is 11.3 Å². The number of carbonyl (C=O) groups excluding carboxylic acids is 1. The van der Waals surface area contributed by atoms with Gasteiger partial charge in [-0.2, -0.15) is 5.10 Å². The number of oxazole rings is 1. The summed E-state index contributed by atoms with van der Waals surface area (Å²) in [6, 6.07) is 3.00. The molecule has 4 rings (SSSR count). The molecule has 0 spiro atoms. The Hall–Kier alpha value is -3.67. The summed E-state index contributed by atoms with van der Waals surface area (Å²) >= 11 is 1.02. The number of hydrogen-bond acceptors (Lipinski definition) is 7. The molecule has 0 saturated carbocycles. The fourth-order valence-electron chi connectivity index (χ4n) is 2.72. The van der Waals surface area contributed by atoms with E-state index in [0.29, 0.717) is 16.3 Å². The Morgan fingerprint density at radius 1 is 1.27 bits per heavy atom. The van der Waals surface area contributed by atoms with Gasteiger partial charge in [0.05, 0.1) is 24.5 Å². The van der Waals surface area contributed by atoms with Gasteiger partial charge in [0.25, 0.3) is 5.91 Å². The van der Waals surface area contributed by atoms with Crippen LogP contribution in [0.3, 0.4) is 0 Å². The second kappa shape index (κ2) is 7.99. The van der Waals surface area contributed by atoms with Crippen molar-refractivity contribution < 1.29 is 18.0 Å². The molecule has 1 amide bonds. The van der Waals surface area contributed by atoms with Gasteiger partial charge in [0, 0.05) is 6.07 Å². The summed E-state index contributed by atoms with van der Waals surface area (Å²) < 4.78 is 33.8. The predicted octanol–water partition coefficient (Wildman–Crippen LogP) is 2.04. The highest BCUT2D eigenvalue weighted by atomic mass is 32.1. The number of halogens is 2. The minimum Gasteiger partial charge on any atom is -0.451 e. The second-order valence-corrected chi connectivity index (χ2v) is 7.27. The Balaban J connectivity index is 1.54. The topological polar surface area (TPSA) is 108 Å². The first-order valence-electron chi connectivity index (χ1n) is 8.63. The normalized spacial score (nSPS) is 11.0. The Morgan fingerprint density at radius 3 is 2.73 bits per heavy atom. The van der Waals surface area contributed by atoms with Crippen molar-refractivity contribution in [3.8, 4) is 5.13 Å². The fourth-order valence-corrected chi connectivity index (χ4v) is 3.67. The molecule has 0 aliphatic rings. The van der Waals surface area contributed by atoms with Gasteiger partial charge >= 0.3 is 5.69 Å². The van der Waals surface area contributed by atoms with E-state index in [0.717, 1.165) is 34.2 Å². The number of benzene rings is 1. The highest BCUT2D eigenvalue weighted by Crippen LogP contribution is 2.20. The Kier molecular flexibility index (Phi) is 5.23. The summed E-state index contributed by atoms with van der Waals surface area (Å²) in [5.41, 5.74) is 0.711. The molecular weight excluding hydrogens is 418 g/mol. The van der Waals surface area contributed by atoms with Gasteiger partial charge in [0.1, 0.15) is 29.1 Å². The Bertz CT molecular complexity index is 1240. The van der Waals surface area contributed by atoms with Crippen molar-refractivity contribution in [2.24, 2.45) is 0 Å². The Labute approximate surface area is 171 Å². The largest absolute Gasteiger partial charge is 0.451 e. The van der Waals surface area contributed by atoms with E-state index in [1.165, 1.54) is 23.6 Å². The van der Waals surface area contributed by atoms with Crippen LogP contribution in [0.25, 0.3) is 5.13 Å². The summed E-state index contributed by atoms with van der Waals surface area (Å²) in [5.74, 6) is -1.85. The molecule has 0 bridgehead atoms. The molecule has 9 nitrogen and oxygen atoms in total. The minimum absolute atomic E-state index is 0.115. The van der Waals surface area contributed by atoms with Gasteiger partial charge in [-0.05, 0) is 24.6 Å². The average molecular weight is 432 g/mol. The maximum atomic E-state index is 13.4. The van der Waals surface area contributed by atoms with Gasteiger partial charge in [0.15, 0.2) is 11.5 Å². The number of amides is 1. The molecule has 0 atom stereocenters. The average Bonchev–Trinajstić information content (AvgIpc) is 3.41. The molecule has 30 heavy (non-hydrogen) atoms. The smallest absolute Gasteiger partial charge is 0.352 e. The highest BCUT2D eigenvalue weighted by molar-refractivity contribution is 7.16. The van der Waals surface area contributed by atoms with Gasteiger partial charge < -0.3 is 9.73 Å². The third-order valence-corrected chi connectivity index (χ3v) is 5.25. The number of aromatic nitrogens is 5. The first kappa shape index (κ1) is 19.6. The van der Waals surface area contributed by atoms with Crippen molar-refractivity contribution in [1.82, 2.24) is 29.6 Å². The lowest BCUT2D eigenvalue weighted by Crippen LogP contribution is -2.24. The van der Waals surface area contributed by atoms with Crippen LogP contribution < -0.4 is 11.0 Å². The summed E-state index contributed by atoms with van der Waals surface area (Å²) in [4.78, 5) is 33.6. The third kappa shape index (κ3) is 4.03. The van der Waals surface area contributed by atoms with Gasteiger partial charge in [-0.1, -0.05) is 11.3 Å². The van der Waals surface area contributed by atoms with Gasteiger partial charge in [0.2, 0.25) is 0 Å². The molecule has 0 saturated heterocycles. The van der Waals surface area contributed by atoms with Crippen molar-refractivity contribution in [3.05, 3.63) is 81.1 Å². The molecule has 3 aromatic heterocycles. The van der Waals surface area contributed by atoms with Gasteiger partial charge in [-0.3, -0.25) is 4.79 Å². The van der Waals surface area contributed by atoms with E-state index in [1.807, 2.05) is 0 Å². The van der Waals surface area contributed by atoms with Crippen LogP contribution in [-0.2, 0) is 13.1 Å². The zero-order chi connectivity index (χ0) is 21.3. The van der Waals surface area contributed by atoms with Crippen LogP contribution in [0.5, 0.6) is 0 Å². The molecule has 4 aromatic rings. The van der Waals surface area contributed by atoms with E-state index in [9.17, 15) is 18.4 Å². The summed E-state index contributed by atoms with van der Waals surface area (Å²) in [6.07, 6.45) is 3.93. The van der Waals surface area contributed by atoms with E-state index in [-0.39, 0.29) is 29.7 Å². The summed E-state index contributed by atoms with van der Waals surface area (Å²) in [6.45, 7) is 1.72. The van der Waals surface area contributed by atoms with Crippen molar-refractivity contribution in [2.75, 3.05) is 0 Å². The SMILES string of the molecule is Cc1nc(-n2cnn(Cc3cc(F)cc(F)c3)c2=O)sc1C(=O)NCc1cocn1. The van der Waals surface area contributed by atoms with Crippen LogP contribution in [0, 0.1) is 18.6 Å². The molecule has 0 aliphatic carbocycles. The number of rotatable bonds is 6. The first-order valence-corrected chi connectivity index (χ1v) is 9.45. The minimum atomic E-state index is -0.741. The van der Waals surface area contributed by atoms with Crippen molar-refractivity contribution in [2.45, 2.75) is 20.0 Å². The van der Waals surface area contributed by atoms with Gasteiger partial charge in [-0.15, -0.1) is 0 Å². The summed E-state index contributed by atoms with van der Waals surface area (Å²) in [7, 11) is 0. The molecule has 0 fully saturated rings. The van der Waals surface area contributed by atoms with Crippen molar-refractivity contribution >= 4 is 17.2 Å². The number of carbonyl (C=O) groups is 1. The first-order chi connectivity index (χ1) is 14.4. The summed E-state index contributed by atoms with van der Waals surface area (Å²) in [5, 5.41) is 6.92. The number of nitrogens with one attached hydrogen (secondary N) is 1. The lowest BCUT2D eigenvalue weighted by atomic mass is 10.2. The second-order valence-electron chi connectivity index (χ2n) is 6.29. The van der Waals surface area contributed by atoms with E-state index in [4.69, 9.17) is 4.42 Å². The quantitative estimate of drug-likeness (QED) is 0.500. The lowest BCUT2D eigenvalue weighted by molar-refractivity contribution is 0.0953. The molecule has 3 heterocycles. The monoisotopic (exact) mass is 432 g/mol. The molecule has 1 N–H and O–H groups in total. The number of hydrogen-bond donors (Lipinski definition) is 1. The maximum absolute atomic E-state index is 13.4. The molecular formula is C18H14F2N6O3S. The van der Waals surface area contributed by atoms with E-state index in [1.54, 1.807) is 6.92 Å². The van der Waals surface area contributed by atoms with E-state index < -0.39 is 17.3 Å². The van der Waals surface area contributed by atoms with Crippen LogP contribution in [0.15, 0.2) is 46.4 Å². The third-order valence-electron chi connectivity index (χ3n) is 4.10. The van der Waals surface area contributed by atoms with Crippen LogP contribution in [0.4, 0.5) is 8.78 Å². The molecule has 12 heteroatoms. The predicted molar refractivity (Wildman–Crippen MR) is 101 cm³/mol. The van der Waals surface area contributed by atoms with Crippen LogP contribution in [0.2, 0.25) is 0 Å². The van der Waals surface area contributed by atoms with Crippen LogP contribution in [-0.4, -0.2) is 30.2 Å². The van der Waals surface area contributed by atoms with Crippen molar-refractivity contribution in [1.29, 1.82) is 0 Å². The zero-order valence-corrected chi connectivity index (χ0v) is 16.3. The van der Waals surface area contributed by atoms with Gasteiger partial charge in [-0.25, -0.2) is 32.8 Å². The van der Waals surface area contributed by atoms with Crippen molar-refractivity contribution in [3.63, 3.8) is 0 Å². The molecule has 0 aliphatic heterocycles. The maximum Gasteiger partial charge on any atom is 0.352 e. The standard InChI is InChI=1S/C18H14F2N6O3S/c1-10-15(16(27)21-5-14-7-29-9-22-14)30-17(24-10)25-8-23-26(18(25)28)6-11-2-12(19)4-13(20)3-11/h2-4,7-9H,5-6H2,1H3,(H,21,27). The van der Waals surface area contributed by atoms with E-state index in [2.05, 4.69) is 20.4 Å². The molecule has 154 valence electrons. The van der Waals surface area contributed by atoms with E-state index >= 15 is 0 Å². The zero-order valence-electron chi connectivity index (χ0n) is 15.5. The molecule has 1 aromatic carbocycles. The number of aryl methyl sites for hydroxylation is 1. The lowest BCUT2D eigenvalue weighted by Gasteiger charge is -2.01. The number of nitrogens with zero attached hydrogens (tertiary/aromatic N) is 5. The Morgan fingerprint density at radius 2 is 2.03 bits per heavy atom. The molecule has 0 unspecified atom stereocenters. The number of thiazole rings is 1.